The maximum absolute atomic E-state index is 12.6. The molecule has 1 heterocycles. The van der Waals surface area contributed by atoms with E-state index >= 15 is 0 Å². The highest BCUT2D eigenvalue weighted by molar-refractivity contribution is 5.90. The van der Waals surface area contributed by atoms with Crippen molar-refractivity contribution in [3.05, 3.63) is 24.0 Å². The summed E-state index contributed by atoms with van der Waals surface area (Å²) in [5.74, 6) is 0.353. The molecule has 1 unspecified atom stereocenters. The van der Waals surface area contributed by atoms with Crippen LogP contribution in [-0.4, -0.2) is 22.8 Å². The number of hydrogen-bond acceptors (Lipinski definition) is 2. The molecule has 4 heteroatoms. The summed E-state index contributed by atoms with van der Waals surface area (Å²) in [5, 5.41) is 2.91. The summed E-state index contributed by atoms with van der Waals surface area (Å²) in [7, 11) is 0. The van der Waals surface area contributed by atoms with Crippen LogP contribution in [-0.2, 0) is 4.79 Å². The lowest BCUT2D eigenvalue weighted by Crippen LogP contribution is -2.47. The van der Waals surface area contributed by atoms with Gasteiger partial charge >= 0.3 is 6.03 Å². The van der Waals surface area contributed by atoms with E-state index in [0.717, 1.165) is 37.8 Å². The molecule has 1 aliphatic heterocycles. The normalized spacial score (nSPS) is 20.9. The molecule has 21 heavy (non-hydrogen) atoms. The molecule has 1 N–H and O–H groups in total. The molecule has 0 bridgehead atoms. The van der Waals surface area contributed by atoms with Crippen LogP contribution in [0.3, 0.4) is 0 Å². The van der Waals surface area contributed by atoms with Gasteiger partial charge in [-0.2, -0.15) is 0 Å². The van der Waals surface area contributed by atoms with Crippen molar-refractivity contribution in [2.75, 3.05) is 0 Å². The Morgan fingerprint density at radius 3 is 2.67 bits per heavy atom. The minimum atomic E-state index is -0.358. The monoisotopic (exact) mass is 290 g/mol. The van der Waals surface area contributed by atoms with E-state index in [2.05, 4.69) is 5.32 Å². The Balaban J connectivity index is 1.96. The van der Waals surface area contributed by atoms with Crippen LogP contribution in [0.25, 0.3) is 0 Å². The van der Waals surface area contributed by atoms with E-state index in [4.69, 9.17) is 0 Å². The van der Waals surface area contributed by atoms with Crippen molar-refractivity contribution in [1.82, 2.24) is 10.2 Å². The van der Waals surface area contributed by atoms with Gasteiger partial charge < -0.3 is 5.32 Å². The highest BCUT2D eigenvalue weighted by Crippen LogP contribution is 2.26. The molecule has 116 valence electrons. The highest BCUT2D eigenvalue weighted by atomic mass is 16.2. The van der Waals surface area contributed by atoms with Crippen LogP contribution in [0.1, 0.15) is 58.8 Å². The van der Waals surface area contributed by atoms with E-state index in [-0.39, 0.29) is 23.8 Å². The Morgan fingerprint density at radius 2 is 2.05 bits per heavy atom. The number of hydrogen-bond donors (Lipinski definition) is 1. The van der Waals surface area contributed by atoms with Gasteiger partial charge in [-0.15, -0.1) is 0 Å². The number of allylic oxidation sites excluding steroid dienone is 3. The number of Topliss-reactive ketones (excluding diaryl/α,β-unsaturated/α-hetero) is 1. The molecule has 2 aliphatic rings. The maximum Gasteiger partial charge on any atom is 0.326 e. The fourth-order valence-corrected chi connectivity index (χ4v) is 3.11. The van der Waals surface area contributed by atoms with Crippen LogP contribution in [0, 0.1) is 5.92 Å². The number of amides is 2. The number of carbonyl (C=O) groups excluding carboxylic acids is 2. The Bertz CT molecular complexity index is 448. The molecule has 2 amide bonds. The topological polar surface area (TPSA) is 49.4 Å². The van der Waals surface area contributed by atoms with E-state index in [1.54, 1.807) is 11.1 Å². The Kier molecular flexibility index (Phi) is 5.59. The summed E-state index contributed by atoms with van der Waals surface area (Å²) in [6.07, 6.45) is 12.7. The molecule has 1 saturated carbocycles. The lowest BCUT2D eigenvalue weighted by atomic mass is 9.83. The molecule has 1 fully saturated rings. The summed E-state index contributed by atoms with van der Waals surface area (Å²) < 4.78 is 0. The van der Waals surface area contributed by atoms with E-state index in [0.29, 0.717) is 6.42 Å². The van der Waals surface area contributed by atoms with E-state index in [1.807, 2.05) is 26.0 Å². The SMILES string of the molecule is CCC(NC(=O)N1C=CCC=C1C)C(=O)C1CCCCC1. The second kappa shape index (κ2) is 7.43. The quantitative estimate of drug-likeness (QED) is 0.857. The van der Waals surface area contributed by atoms with Crippen LogP contribution in [0.4, 0.5) is 4.79 Å². The predicted molar refractivity (Wildman–Crippen MR) is 83.5 cm³/mol. The Morgan fingerprint density at radius 1 is 1.33 bits per heavy atom. The van der Waals surface area contributed by atoms with Gasteiger partial charge in [0.05, 0.1) is 6.04 Å². The second-order valence-corrected chi connectivity index (χ2v) is 5.98. The summed E-state index contributed by atoms with van der Waals surface area (Å²) in [6, 6.07) is -0.556. The van der Waals surface area contributed by atoms with Gasteiger partial charge in [-0.05, 0) is 32.6 Å². The van der Waals surface area contributed by atoms with Crippen molar-refractivity contribution in [3.8, 4) is 0 Å². The molecule has 1 aliphatic carbocycles. The van der Waals surface area contributed by atoms with E-state index in [9.17, 15) is 9.59 Å². The van der Waals surface area contributed by atoms with Gasteiger partial charge in [0.2, 0.25) is 0 Å². The molecule has 0 aromatic carbocycles. The first-order chi connectivity index (χ1) is 10.1. The summed E-state index contributed by atoms with van der Waals surface area (Å²) >= 11 is 0. The van der Waals surface area contributed by atoms with Crippen LogP contribution in [0.5, 0.6) is 0 Å². The number of ketones is 1. The van der Waals surface area contributed by atoms with Gasteiger partial charge in [0.25, 0.3) is 0 Å². The molecule has 0 saturated heterocycles. The van der Waals surface area contributed by atoms with Gasteiger partial charge in [-0.25, -0.2) is 4.79 Å². The average molecular weight is 290 g/mol. The molecule has 4 nitrogen and oxygen atoms in total. The van der Waals surface area contributed by atoms with Crippen molar-refractivity contribution in [1.29, 1.82) is 0 Å². The highest BCUT2D eigenvalue weighted by Gasteiger charge is 2.29. The lowest BCUT2D eigenvalue weighted by molar-refractivity contribution is -0.125. The zero-order chi connectivity index (χ0) is 15.2. The first-order valence-corrected chi connectivity index (χ1v) is 8.10. The Hall–Kier alpha value is -1.58. The lowest BCUT2D eigenvalue weighted by Gasteiger charge is -2.28. The zero-order valence-corrected chi connectivity index (χ0v) is 13.1. The van der Waals surface area contributed by atoms with Gasteiger partial charge in [0, 0.05) is 17.8 Å². The van der Waals surface area contributed by atoms with Gasteiger partial charge in [0.15, 0.2) is 5.78 Å². The predicted octanol–water partition coefficient (Wildman–Crippen LogP) is 3.75. The van der Waals surface area contributed by atoms with Crippen molar-refractivity contribution < 1.29 is 9.59 Å². The van der Waals surface area contributed by atoms with Gasteiger partial charge in [0.1, 0.15) is 0 Å². The smallest absolute Gasteiger partial charge is 0.326 e. The zero-order valence-electron chi connectivity index (χ0n) is 13.1. The number of urea groups is 1. The maximum atomic E-state index is 12.6. The van der Waals surface area contributed by atoms with E-state index < -0.39 is 0 Å². The third-order valence-corrected chi connectivity index (χ3v) is 4.46. The van der Waals surface area contributed by atoms with Crippen molar-refractivity contribution in [2.24, 2.45) is 5.92 Å². The minimum absolute atomic E-state index is 0.137. The standard InChI is InChI=1S/C17H26N2O2/c1-3-15(16(20)14-10-5-4-6-11-14)18-17(21)19-12-8-7-9-13(19)2/h8-9,12,14-15H,3-7,10-11H2,1-2H3,(H,18,21). The summed E-state index contributed by atoms with van der Waals surface area (Å²) in [5.41, 5.74) is 0.912. The number of carbonyl (C=O) groups is 2. The first kappa shape index (κ1) is 15.8. The van der Waals surface area contributed by atoms with Crippen LogP contribution in [0.15, 0.2) is 24.0 Å². The largest absolute Gasteiger partial charge is 0.328 e. The second-order valence-electron chi connectivity index (χ2n) is 5.98. The van der Waals surface area contributed by atoms with Crippen LogP contribution < -0.4 is 5.32 Å². The van der Waals surface area contributed by atoms with Crippen LogP contribution in [0.2, 0.25) is 0 Å². The fraction of sp³-hybridized carbons (Fsp3) is 0.647. The van der Waals surface area contributed by atoms with Crippen molar-refractivity contribution >= 4 is 11.8 Å². The number of rotatable bonds is 4. The average Bonchev–Trinajstić information content (AvgIpc) is 2.53. The molecule has 0 radical (unpaired) electrons. The minimum Gasteiger partial charge on any atom is -0.328 e. The first-order valence-electron chi connectivity index (χ1n) is 8.10. The molecular formula is C17H26N2O2. The van der Waals surface area contributed by atoms with Crippen molar-refractivity contribution in [3.63, 3.8) is 0 Å². The molecule has 2 rings (SSSR count). The third-order valence-electron chi connectivity index (χ3n) is 4.46. The molecule has 0 spiro atoms. The number of nitrogens with zero attached hydrogens (tertiary/aromatic N) is 1. The third kappa shape index (κ3) is 3.96. The summed E-state index contributed by atoms with van der Waals surface area (Å²) in [4.78, 5) is 26.5. The Labute approximate surface area is 127 Å². The molecular weight excluding hydrogens is 264 g/mol. The molecule has 0 aromatic heterocycles. The fourth-order valence-electron chi connectivity index (χ4n) is 3.11. The van der Waals surface area contributed by atoms with Gasteiger partial charge in [-0.3, -0.25) is 9.69 Å². The number of nitrogens with one attached hydrogen (secondary N) is 1. The summed E-state index contributed by atoms with van der Waals surface area (Å²) in [6.45, 7) is 3.87. The van der Waals surface area contributed by atoms with E-state index in [1.165, 1.54) is 6.42 Å². The van der Waals surface area contributed by atoms with Gasteiger partial charge in [-0.1, -0.05) is 38.3 Å². The molecule has 1 atom stereocenters. The molecule has 0 aromatic rings. The van der Waals surface area contributed by atoms with Crippen LogP contribution >= 0.6 is 0 Å². The van der Waals surface area contributed by atoms with Crippen molar-refractivity contribution in [2.45, 2.75) is 64.8 Å².